The Bertz CT molecular complexity index is 870. The van der Waals surface area contributed by atoms with E-state index < -0.39 is 0 Å². The fraction of sp³-hybridized carbons (Fsp3) is 0.263. The van der Waals surface area contributed by atoms with E-state index in [0.717, 1.165) is 46.9 Å². The highest BCUT2D eigenvalue weighted by Crippen LogP contribution is 2.35. The Morgan fingerprint density at radius 1 is 1.25 bits per heavy atom. The van der Waals surface area contributed by atoms with E-state index in [2.05, 4.69) is 11.1 Å². The van der Waals surface area contributed by atoms with Crippen LogP contribution in [0.15, 0.2) is 42.5 Å². The number of hydrogen-bond acceptors (Lipinski definition) is 4. The summed E-state index contributed by atoms with van der Waals surface area (Å²) in [5.74, 6) is 0.942. The van der Waals surface area contributed by atoms with Gasteiger partial charge in [-0.2, -0.15) is 0 Å². The lowest BCUT2D eigenvalue weighted by Gasteiger charge is -2.29. The summed E-state index contributed by atoms with van der Waals surface area (Å²) >= 11 is 1.66. The maximum atomic E-state index is 11.8. The zero-order chi connectivity index (χ0) is 16.5. The number of thiazole rings is 1. The molecule has 1 aromatic heterocycles. The molecule has 0 fully saturated rings. The van der Waals surface area contributed by atoms with Crippen LogP contribution in [-0.4, -0.2) is 17.4 Å². The summed E-state index contributed by atoms with van der Waals surface area (Å²) in [6.07, 6.45) is 1.91. The Morgan fingerprint density at radius 3 is 2.96 bits per heavy atom. The molecule has 0 radical (unpaired) electrons. The Labute approximate surface area is 144 Å². The number of hydrogen-bond donors (Lipinski definition) is 0. The topological polar surface area (TPSA) is 42.4 Å². The summed E-state index contributed by atoms with van der Waals surface area (Å²) < 4.78 is 7.23. The number of aromatic nitrogens is 1. The number of benzene rings is 2. The molecule has 122 valence electrons. The number of rotatable bonds is 3. The lowest BCUT2D eigenvalue weighted by Crippen LogP contribution is -2.33. The summed E-state index contributed by atoms with van der Waals surface area (Å²) in [4.78, 5) is 18.3. The first-order chi connectivity index (χ1) is 11.7. The molecule has 0 atom stereocenters. The minimum atomic E-state index is 0.0827. The first-order valence-electron chi connectivity index (χ1n) is 8.09. The molecule has 24 heavy (non-hydrogen) atoms. The number of para-hydroxylation sites is 1. The van der Waals surface area contributed by atoms with Crippen molar-refractivity contribution in [1.29, 1.82) is 0 Å². The van der Waals surface area contributed by atoms with Crippen LogP contribution >= 0.6 is 11.3 Å². The zero-order valence-corrected chi connectivity index (χ0v) is 14.3. The van der Waals surface area contributed by atoms with E-state index in [1.807, 2.05) is 41.3 Å². The Kier molecular flexibility index (Phi) is 3.94. The van der Waals surface area contributed by atoms with Crippen LogP contribution in [0.4, 0.5) is 5.69 Å². The van der Waals surface area contributed by atoms with Crippen molar-refractivity contribution in [2.75, 3.05) is 11.4 Å². The third-order valence-corrected chi connectivity index (χ3v) is 5.29. The van der Waals surface area contributed by atoms with Crippen LogP contribution in [0.25, 0.3) is 10.2 Å². The highest BCUT2D eigenvalue weighted by atomic mass is 32.1. The molecular formula is C19H18N2O2S. The van der Waals surface area contributed by atoms with Gasteiger partial charge in [-0.3, -0.25) is 4.79 Å². The van der Waals surface area contributed by atoms with Crippen molar-refractivity contribution < 1.29 is 9.53 Å². The monoisotopic (exact) mass is 338 g/mol. The van der Waals surface area contributed by atoms with Gasteiger partial charge in [0.25, 0.3) is 0 Å². The van der Waals surface area contributed by atoms with Gasteiger partial charge in [-0.25, -0.2) is 4.98 Å². The molecule has 1 aliphatic rings. The Balaban J connectivity index is 1.59. The number of fused-ring (bicyclic) bond motifs is 2. The van der Waals surface area contributed by atoms with Crippen molar-refractivity contribution in [2.24, 2.45) is 0 Å². The fourth-order valence-electron chi connectivity index (χ4n) is 3.18. The minimum absolute atomic E-state index is 0.0827. The van der Waals surface area contributed by atoms with Gasteiger partial charge < -0.3 is 9.64 Å². The number of carbonyl (C=O) groups is 1. The molecule has 0 unspecified atom stereocenters. The Hall–Kier alpha value is -2.40. The van der Waals surface area contributed by atoms with E-state index >= 15 is 0 Å². The van der Waals surface area contributed by atoms with Crippen LogP contribution in [0.3, 0.4) is 0 Å². The molecule has 0 saturated heterocycles. The quantitative estimate of drug-likeness (QED) is 0.720. The highest BCUT2D eigenvalue weighted by Gasteiger charge is 2.22. The van der Waals surface area contributed by atoms with Crippen molar-refractivity contribution in [3.8, 4) is 5.75 Å². The van der Waals surface area contributed by atoms with Crippen LogP contribution in [-0.2, 0) is 17.8 Å². The molecule has 3 aromatic rings. The molecule has 4 nitrogen and oxygen atoms in total. The summed E-state index contributed by atoms with van der Waals surface area (Å²) in [6, 6.07) is 14.0. The van der Waals surface area contributed by atoms with Gasteiger partial charge in [-0.1, -0.05) is 18.2 Å². The van der Waals surface area contributed by atoms with E-state index in [4.69, 9.17) is 4.74 Å². The second-order valence-electron chi connectivity index (χ2n) is 5.89. The first-order valence-corrected chi connectivity index (χ1v) is 8.91. The third-order valence-electron chi connectivity index (χ3n) is 4.28. The SMILES string of the molecule is CC(=O)N1CCCc2c(OCc3nc4ccccc4s3)cccc21. The maximum Gasteiger partial charge on any atom is 0.223 e. The van der Waals surface area contributed by atoms with E-state index in [1.54, 1.807) is 18.3 Å². The molecule has 4 rings (SSSR count). The van der Waals surface area contributed by atoms with Crippen molar-refractivity contribution in [3.63, 3.8) is 0 Å². The van der Waals surface area contributed by atoms with Crippen molar-refractivity contribution >= 4 is 33.1 Å². The largest absolute Gasteiger partial charge is 0.486 e. The summed E-state index contributed by atoms with van der Waals surface area (Å²) in [5.41, 5.74) is 3.12. The van der Waals surface area contributed by atoms with Crippen molar-refractivity contribution in [3.05, 3.63) is 53.0 Å². The van der Waals surface area contributed by atoms with Crippen molar-refractivity contribution in [2.45, 2.75) is 26.4 Å². The highest BCUT2D eigenvalue weighted by molar-refractivity contribution is 7.18. The number of anilines is 1. The van der Waals surface area contributed by atoms with Gasteiger partial charge in [0.15, 0.2) is 0 Å². The predicted molar refractivity (Wildman–Crippen MR) is 96.7 cm³/mol. The fourth-order valence-corrected chi connectivity index (χ4v) is 4.06. The second kappa shape index (κ2) is 6.24. The molecule has 0 bridgehead atoms. The van der Waals surface area contributed by atoms with Crippen LogP contribution in [0, 0.1) is 0 Å². The summed E-state index contributed by atoms with van der Waals surface area (Å²) in [6.45, 7) is 2.85. The first kappa shape index (κ1) is 15.1. The standard InChI is InChI=1S/C19H18N2O2S/c1-13(22)21-11-5-6-14-16(21)8-4-9-17(14)23-12-19-20-15-7-2-3-10-18(15)24-19/h2-4,7-10H,5-6,11-12H2,1H3. The normalized spacial score (nSPS) is 13.8. The van der Waals surface area contributed by atoms with E-state index in [-0.39, 0.29) is 5.91 Å². The number of carbonyl (C=O) groups excluding carboxylic acids is 1. The smallest absolute Gasteiger partial charge is 0.223 e. The van der Waals surface area contributed by atoms with E-state index in [9.17, 15) is 4.79 Å². The van der Waals surface area contributed by atoms with Crippen molar-refractivity contribution in [1.82, 2.24) is 4.98 Å². The third kappa shape index (κ3) is 2.76. The van der Waals surface area contributed by atoms with Gasteiger partial charge in [0.05, 0.1) is 15.9 Å². The molecule has 0 spiro atoms. The van der Waals surface area contributed by atoms with Crippen LogP contribution in [0.2, 0.25) is 0 Å². The molecule has 0 N–H and O–H groups in total. The van der Waals surface area contributed by atoms with Gasteiger partial charge in [0.1, 0.15) is 17.4 Å². The molecule has 0 saturated carbocycles. The molecule has 5 heteroatoms. The van der Waals surface area contributed by atoms with Crippen LogP contribution in [0.1, 0.15) is 23.9 Å². The molecular weight excluding hydrogens is 320 g/mol. The summed E-state index contributed by atoms with van der Waals surface area (Å²) in [7, 11) is 0. The lowest BCUT2D eigenvalue weighted by molar-refractivity contribution is -0.116. The summed E-state index contributed by atoms with van der Waals surface area (Å²) in [5, 5.41) is 0.966. The van der Waals surface area contributed by atoms with Gasteiger partial charge in [0.2, 0.25) is 5.91 Å². The molecule has 1 amide bonds. The second-order valence-corrected chi connectivity index (χ2v) is 7.01. The molecule has 0 aliphatic carbocycles. The molecule has 2 aromatic carbocycles. The van der Waals surface area contributed by atoms with E-state index in [1.165, 1.54) is 4.70 Å². The van der Waals surface area contributed by atoms with Crippen LogP contribution in [0.5, 0.6) is 5.75 Å². The van der Waals surface area contributed by atoms with E-state index in [0.29, 0.717) is 6.61 Å². The number of nitrogens with zero attached hydrogens (tertiary/aromatic N) is 2. The lowest BCUT2D eigenvalue weighted by atomic mass is 10.0. The zero-order valence-electron chi connectivity index (χ0n) is 13.5. The molecule has 2 heterocycles. The van der Waals surface area contributed by atoms with Gasteiger partial charge >= 0.3 is 0 Å². The average Bonchev–Trinajstić information content (AvgIpc) is 3.02. The maximum absolute atomic E-state index is 11.8. The number of amides is 1. The minimum Gasteiger partial charge on any atom is -0.486 e. The van der Waals surface area contributed by atoms with Gasteiger partial charge in [0, 0.05) is 19.0 Å². The van der Waals surface area contributed by atoms with Gasteiger partial charge in [-0.15, -0.1) is 11.3 Å². The van der Waals surface area contributed by atoms with Crippen LogP contribution < -0.4 is 9.64 Å². The number of ether oxygens (including phenoxy) is 1. The Morgan fingerprint density at radius 2 is 2.12 bits per heavy atom. The average molecular weight is 338 g/mol. The predicted octanol–water partition coefficient (Wildman–Crippen LogP) is 4.17. The molecule has 1 aliphatic heterocycles. The van der Waals surface area contributed by atoms with Gasteiger partial charge in [-0.05, 0) is 37.1 Å².